The standard InChI is InChI=1S/C19H29N3O2.2ClH/c1-3-24-17-9-5-4-8-16(17)21-12-14-22(15-13-21)18(23)19(2)10-6-7-11-20-19;;/h4-5,8-9,20H,3,6-7,10-15H2,1-2H3;2*1H. The van der Waals surface area contributed by atoms with Crippen LogP contribution in [-0.2, 0) is 4.79 Å². The molecule has 26 heavy (non-hydrogen) atoms. The van der Waals surface area contributed by atoms with Gasteiger partial charge in [-0.15, -0.1) is 24.8 Å². The summed E-state index contributed by atoms with van der Waals surface area (Å²) in [6, 6.07) is 8.17. The van der Waals surface area contributed by atoms with Gasteiger partial charge in [0.15, 0.2) is 0 Å². The second-order valence-electron chi connectivity index (χ2n) is 6.90. The minimum atomic E-state index is -0.371. The maximum absolute atomic E-state index is 12.9. The van der Waals surface area contributed by atoms with E-state index < -0.39 is 0 Å². The number of amides is 1. The van der Waals surface area contributed by atoms with Crippen LogP contribution in [0.25, 0.3) is 0 Å². The SMILES string of the molecule is CCOc1ccccc1N1CCN(C(=O)C2(C)CCCCN2)CC1.Cl.Cl. The van der Waals surface area contributed by atoms with Gasteiger partial charge in [0.05, 0.1) is 17.8 Å². The number of carbonyl (C=O) groups excluding carboxylic acids is 1. The summed E-state index contributed by atoms with van der Waals surface area (Å²) in [5.41, 5.74) is 0.761. The highest BCUT2D eigenvalue weighted by molar-refractivity contribution is 5.86. The fraction of sp³-hybridized carbons (Fsp3) is 0.632. The smallest absolute Gasteiger partial charge is 0.242 e. The molecule has 5 nitrogen and oxygen atoms in total. The molecule has 3 rings (SSSR count). The molecule has 2 heterocycles. The average Bonchev–Trinajstić information content (AvgIpc) is 2.63. The van der Waals surface area contributed by atoms with Crippen molar-refractivity contribution < 1.29 is 9.53 Å². The Labute approximate surface area is 169 Å². The summed E-state index contributed by atoms with van der Waals surface area (Å²) in [4.78, 5) is 17.3. The maximum atomic E-state index is 12.9. The number of hydrogen-bond donors (Lipinski definition) is 1. The van der Waals surface area contributed by atoms with Crippen LogP contribution in [0.1, 0.15) is 33.1 Å². The molecule has 1 aromatic rings. The van der Waals surface area contributed by atoms with Crippen LogP contribution in [0.4, 0.5) is 5.69 Å². The van der Waals surface area contributed by atoms with E-state index in [9.17, 15) is 4.79 Å². The lowest BCUT2D eigenvalue weighted by Crippen LogP contribution is -2.61. The first-order chi connectivity index (χ1) is 11.6. The second kappa shape index (κ2) is 10.2. The molecule has 2 aliphatic heterocycles. The van der Waals surface area contributed by atoms with Crippen molar-refractivity contribution in [3.8, 4) is 5.75 Å². The van der Waals surface area contributed by atoms with Crippen LogP contribution < -0.4 is 15.0 Å². The Morgan fingerprint density at radius 2 is 1.85 bits per heavy atom. The van der Waals surface area contributed by atoms with E-state index in [-0.39, 0.29) is 36.3 Å². The molecule has 1 aromatic carbocycles. The van der Waals surface area contributed by atoms with Crippen molar-refractivity contribution in [2.45, 2.75) is 38.6 Å². The van der Waals surface area contributed by atoms with Crippen LogP contribution in [0.2, 0.25) is 0 Å². The van der Waals surface area contributed by atoms with Crippen LogP contribution in [-0.4, -0.2) is 55.7 Å². The molecule has 0 bridgehead atoms. The molecular formula is C19H31Cl2N3O2. The quantitative estimate of drug-likeness (QED) is 0.838. The number of anilines is 1. The molecule has 2 saturated heterocycles. The van der Waals surface area contributed by atoms with E-state index in [4.69, 9.17) is 4.74 Å². The fourth-order valence-corrected chi connectivity index (χ4v) is 3.73. The zero-order valence-corrected chi connectivity index (χ0v) is 17.3. The molecular weight excluding hydrogens is 373 g/mol. The molecule has 1 N–H and O–H groups in total. The predicted molar refractivity (Wildman–Crippen MR) is 111 cm³/mol. The summed E-state index contributed by atoms with van der Waals surface area (Å²) in [6.45, 7) is 8.94. The molecule has 148 valence electrons. The minimum absolute atomic E-state index is 0. The largest absolute Gasteiger partial charge is 0.492 e. The molecule has 1 unspecified atom stereocenters. The first kappa shape index (κ1) is 22.9. The van der Waals surface area contributed by atoms with Gasteiger partial charge in [0.25, 0.3) is 0 Å². The third kappa shape index (κ3) is 4.96. The Kier molecular flexibility index (Phi) is 9.01. The highest BCUT2D eigenvalue weighted by Crippen LogP contribution is 2.29. The van der Waals surface area contributed by atoms with Crippen molar-refractivity contribution in [2.75, 3.05) is 44.2 Å². The van der Waals surface area contributed by atoms with Gasteiger partial charge in [0.2, 0.25) is 5.91 Å². The number of ether oxygens (including phenoxy) is 1. The zero-order chi connectivity index (χ0) is 17.0. The highest BCUT2D eigenvalue weighted by atomic mass is 35.5. The van der Waals surface area contributed by atoms with E-state index in [1.807, 2.05) is 30.0 Å². The number of nitrogens with one attached hydrogen (secondary N) is 1. The topological polar surface area (TPSA) is 44.8 Å². The van der Waals surface area contributed by atoms with E-state index in [0.717, 1.165) is 57.0 Å². The number of hydrogen-bond acceptors (Lipinski definition) is 4. The van der Waals surface area contributed by atoms with Gasteiger partial charge in [0, 0.05) is 26.2 Å². The van der Waals surface area contributed by atoms with Gasteiger partial charge in [-0.05, 0) is 51.8 Å². The van der Waals surface area contributed by atoms with Crippen molar-refractivity contribution in [3.05, 3.63) is 24.3 Å². The Morgan fingerprint density at radius 1 is 1.15 bits per heavy atom. The summed E-state index contributed by atoms with van der Waals surface area (Å²) in [5, 5.41) is 3.44. The monoisotopic (exact) mass is 403 g/mol. The molecule has 0 spiro atoms. The number of para-hydroxylation sites is 2. The number of halogens is 2. The number of piperazine rings is 1. The molecule has 1 atom stereocenters. The van der Waals surface area contributed by atoms with Crippen molar-refractivity contribution in [3.63, 3.8) is 0 Å². The molecule has 1 amide bonds. The molecule has 0 aliphatic carbocycles. The molecule has 7 heteroatoms. The summed E-state index contributed by atoms with van der Waals surface area (Å²) < 4.78 is 5.74. The first-order valence-corrected chi connectivity index (χ1v) is 9.15. The van der Waals surface area contributed by atoms with E-state index in [1.165, 1.54) is 6.42 Å². The van der Waals surface area contributed by atoms with E-state index >= 15 is 0 Å². The Balaban J connectivity index is 0.00000169. The third-order valence-electron chi connectivity index (χ3n) is 5.16. The Morgan fingerprint density at radius 3 is 2.46 bits per heavy atom. The summed E-state index contributed by atoms with van der Waals surface area (Å²) >= 11 is 0. The van der Waals surface area contributed by atoms with Gasteiger partial charge in [-0.3, -0.25) is 4.79 Å². The fourth-order valence-electron chi connectivity index (χ4n) is 3.73. The molecule has 0 radical (unpaired) electrons. The van der Waals surface area contributed by atoms with Crippen LogP contribution >= 0.6 is 24.8 Å². The van der Waals surface area contributed by atoms with Crippen molar-refractivity contribution in [2.24, 2.45) is 0 Å². The Bertz CT molecular complexity index is 572. The molecule has 0 aromatic heterocycles. The van der Waals surface area contributed by atoms with E-state index in [1.54, 1.807) is 0 Å². The number of nitrogens with zero attached hydrogens (tertiary/aromatic N) is 2. The van der Waals surface area contributed by atoms with Crippen LogP contribution in [0, 0.1) is 0 Å². The van der Waals surface area contributed by atoms with Gasteiger partial charge >= 0.3 is 0 Å². The van der Waals surface area contributed by atoms with Crippen LogP contribution in [0.3, 0.4) is 0 Å². The van der Waals surface area contributed by atoms with Gasteiger partial charge in [-0.1, -0.05) is 12.1 Å². The number of piperidine rings is 1. The summed E-state index contributed by atoms with van der Waals surface area (Å²) in [5.74, 6) is 1.20. The molecule has 2 fully saturated rings. The van der Waals surface area contributed by atoms with Crippen LogP contribution in [0.5, 0.6) is 5.75 Å². The number of benzene rings is 1. The van der Waals surface area contributed by atoms with E-state index in [2.05, 4.69) is 23.2 Å². The summed E-state index contributed by atoms with van der Waals surface area (Å²) in [6.07, 6.45) is 3.25. The molecule has 0 saturated carbocycles. The summed E-state index contributed by atoms with van der Waals surface area (Å²) in [7, 11) is 0. The highest BCUT2D eigenvalue weighted by Gasteiger charge is 2.38. The van der Waals surface area contributed by atoms with Gasteiger partial charge in [-0.25, -0.2) is 0 Å². The number of rotatable bonds is 4. The lowest BCUT2D eigenvalue weighted by Gasteiger charge is -2.42. The molecule has 2 aliphatic rings. The van der Waals surface area contributed by atoms with Crippen molar-refractivity contribution in [1.29, 1.82) is 0 Å². The average molecular weight is 404 g/mol. The zero-order valence-electron chi connectivity index (χ0n) is 15.7. The maximum Gasteiger partial charge on any atom is 0.242 e. The lowest BCUT2D eigenvalue weighted by molar-refractivity contribution is -0.139. The van der Waals surface area contributed by atoms with Crippen molar-refractivity contribution >= 4 is 36.4 Å². The van der Waals surface area contributed by atoms with E-state index in [0.29, 0.717) is 6.61 Å². The minimum Gasteiger partial charge on any atom is -0.492 e. The van der Waals surface area contributed by atoms with Gasteiger partial charge in [0.1, 0.15) is 5.75 Å². The van der Waals surface area contributed by atoms with Gasteiger partial charge < -0.3 is 19.9 Å². The van der Waals surface area contributed by atoms with Gasteiger partial charge in [-0.2, -0.15) is 0 Å². The normalized spacial score (nSPS) is 22.8. The predicted octanol–water partition coefficient (Wildman–Crippen LogP) is 3.11. The van der Waals surface area contributed by atoms with Crippen LogP contribution in [0.15, 0.2) is 24.3 Å². The van der Waals surface area contributed by atoms with Crippen molar-refractivity contribution in [1.82, 2.24) is 10.2 Å². The third-order valence-corrected chi connectivity index (χ3v) is 5.16. The number of carbonyl (C=O) groups is 1. The lowest BCUT2D eigenvalue weighted by atomic mass is 9.89. The second-order valence-corrected chi connectivity index (χ2v) is 6.90. The first-order valence-electron chi connectivity index (χ1n) is 9.15. The Hall–Kier alpha value is -1.17.